The Morgan fingerprint density at radius 1 is 1.30 bits per heavy atom. The first-order valence-corrected chi connectivity index (χ1v) is 10.8. The van der Waals surface area contributed by atoms with Crippen LogP contribution in [0.3, 0.4) is 0 Å². The lowest BCUT2D eigenvalue weighted by atomic mass is 9.82. The van der Waals surface area contributed by atoms with E-state index in [1.54, 1.807) is 13.8 Å². The number of hydrogen-bond donors (Lipinski definition) is 1. The number of carboxylic acid groups (broad SMARTS) is 1. The minimum Gasteiger partial charge on any atom is -0.481 e. The molecule has 2 heterocycles. The van der Waals surface area contributed by atoms with E-state index in [1.807, 2.05) is 35.9 Å². The molecule has 8 heteroatoms. The van der Waals surface area contributed by atoms with Gasteiger partial charge in [0.25, 0.3) is 0 Å². The van der Waals surface area contributed by atoms with E-state index in [-0.39, 0.29) is 18.3 Å². The van der Waals surface area contributed by atoms with Gasteiger partial charge in [0.2, 0.25) is 10.0 Å². The number of nitrogens with zero attached hydrogens (tertiary/aromatic N) is 3. The molecule has 2 aromatic rings. The summed E-state index contributed by atoms with van der Waals surface area (Å²) in [6.07, 6.45) is 1.18. The Morgan fingerprint density at radius 2 is 2.00 bits per heavy atom. The van der Waals surface area contributed by atoms with Gasteiger partial charge in [-0.05, 0) is 44.2 Å². The van der Waals surface area contributed by atoms with E-state index in [2.05, 4.69) is 4.98 Å². The molecule has 1 aromatic heterocycles. The summed E-state index contributed by atoms with van der Waals surface area (Å²) in [6, 6.07) is 7.84. The van der Waals surface area contributed by atoms with Crippen molar-refractivity contribution in [2.75, 3.05) is 13.1 Å². The van der Waals surface area contributed by atoms with Gasteiger partial charge in [0, 0.05) is 33.0 Å². The van der Waals surface area contributed by atoms with Crippen LogP contribution in [0.1, 0.15) is 32.5 Å². The molecule has 27 heavy (non-hydrogen) atoms. The van der Waals surface area contributed by atoms with Gasteiger partial charge in [-0.15, -0.1) is 0 Å². The summed E-state index contributed by atoms with van der Waals surface area (Å²) in [7, 11) is -1.41. The molecule has 1 N–H and O–H groups in total. The Labute approximate surface area is 160 Å². The molecule has 148 valence electrons. The average Bonchev–Trinajstić information content (AvgIpc) is 2.92. The van der Waals surface area contributed by atoms with Gasteiger partial charge in [0.15, 0.2) is 0 Å². The van der Waals surface area contributed by atoms with E-state index in [0.717, 1.165) is 16.9 Å². The second-order valence-corrected chi connectivity index (χ2v) is 10.1. The van der Waals surface area contributed by atoms with Crippen LogP contribution in [-0.2, 0) is 28.3 Å². The zero-order valence-electron chi connectivity index (χ0n) is 16.0. The molecular weight excluding hydrogens is 366 g/mol. The Hall–Kier alpha value is -1.93. The standard InChI is InChI=1S/C19H27N3O4S/c1-13(2)27(25,26)22-9-8-14(11-19(23)24)15(12-22)10-18-20-16-6-4-5-7-17(16)21(18)3/h4-7,13-15H,8-12H2,1-3H3,(H,23,24)/t14-,15-/m0/s1. The molecule has 0 amide bonds. The fourth-order valence-electron chi connectivity index (χ4n) is 3.91. The summed E-state index contributed by atoms with van der Waals surface area (Å²) in [5.41, 5.74) is 1.91. The zero-order chi connectivity index (χ0) is 19.8. The third-order valence-corrected chi connectivity index (χ3v) is 7.81. The highest BCUT2D eigenvalue weighted by atomic mass is 32.2. The fourth-order valence-corrected chi connectivity index (χ4v) is 5.27. The van der Waals surface area contributed by atoms with Crippen molar-refractivity contribution in [1.29, 1.82) is 0 Å². The predicted octanol–water partition coefficient (Wildman–Crippen LogP) is 2.27. The maximum Gasteiger partial charge on any atom is 0.303 e. The molecule has 1 saturated heterocycles. The van der Waals surface area contributed by atoms with Crippen molar-refractivity contribution in [2.24, 2.45) is 18.9 Å². The molecule has 1 aliphatic rings. The lowest BCUT2D eigenvalue weighted by Gasteiger charge is -2.38. The number of aryl methyl sites for hydroxylation is 1. The van der Waals surface area contributed by atoms with E-state index in [4.69, 9.17) is 0 Å². The van der Waals surface area contributed by atoms with E-state index >= 15 is 0 Å². The van der Waals surface area contributed by atoms with Gasteiger partial charge in [-0.25, -0.2) is 17.7 Å². The monoisotopic (exact) mass is 393 g/mol. The van der Waals surface area contributed by atoms with Gasteiger partial charge >= 0.3 is 5.97 Å². The topological polar surface area (TPSA) is 92.5 Å². The van der Waals surface area contributed by atoms with Crippen molar-refractivity contribution in [3.05, 3.63) is 30.1 Å². The SMILES string of the molecule is CC(C)S(=O)(=O)N1CC[C@@H](CC(=O)O)[C@@H](Cc2nc3ccccc3n2C)C1. The molecule has 1 fully saturated rings. The van der Waals surface area contributed by atoms with Crippen molar-refractivity contribution in [1.82, 2.24) is 13.9 Å². The number of hydrogen-bond acceptors (Lipinski definition) is 4. The highest BCUT2D eigenvalue weighted by molar-refractivity contribution is 7.89. The predicted molar refractivity (Wildman–Crippen MR) is 104 cm³/mol. The van der Waals surface area contributed by atoms with E-state index < -0.39 is 21.2 Å². The lowest BCUT2D eigenvalue weighted by molar-refractivity contribution is -0.138. The van der Waals surface area contributed by atoms with Gasteiger partial charge in [0.1, 0.15) is 5.82 Å². The largest absolute Gasteiger partial charge is 0.481 e. The van der Waals surface area contributed by atoms with Gasteiger partial charge < -0.3 is 9.67 Å². The minimum absolute atomic E-state index is 0.0547. The van der Waals surface area contributed by atoms with Crippen LogP contribution in [0.25, 0.3) is 11.0 Å². The lowest BCUT2D eigenvalue weighted by Crippen LogP contribution is -2.47. The molecule has 0 unspecified atom stereocenters. The highest BCUT2D eigenvalue weighted by Crippen LogP contribution is 2.32. The number of carboxylic acids is 1. The molecule has 0 saturated carbocycles. The van der Waals surface area contributed by atoms with Crippen molar-refractivity contribution in [3.8, 4) is 0 Å². The summed E-state index contributed by atoms with van der Waals surface area (Å²) in [5.74, 6) is -0.102. The van der Waals surface area contributed by atoms with E-state index in [9.17, 15) is 18.3 Å². The summed E-state index contributed by atoms with van der Waals surface area (Å²) in [5, 5.41) is 8.80. The number of para-hydroxylation sites is 2. The first-order chi connectivity index (χ1) is 12.7. The van der Waals surface area contributed by atoms with Crippen LogP contribution < -0.4 is 0 Å². The molecule has 7 nitrogen and oxygen atoms in total. The normalized spacial score (nSPS) is 21.8. The minimum atomic E-state index is -3.35. The number of rotatable bonds is 6. The second-order valence-electron chi connectivity index (χ2n) is 7.64. The second kappa shape index (κ2) is 7.59. The smallest absolute Gasteiger partial charge is 0.303 e. The number of aliphatic carboxylic acids is 1. The Balaban J connectivity index is 1.89. The van der Waals surface area contributed by atoms with Crippen LogP contribution in [0.2, 0.25) is 0 Å². The molecular formula is C19H27N3O4S. The Morgan fingerprint density at radius 3 is 2.63 bits per heavy atom. The van der Waals surface area contributed by atoms with Crippen molar-refractivity contribution < 1.29 is 18.3 Å². The van der Waals surface area contributed by atoms with Crippen LogP contribution in [0, 0.1) is 11.8 Å². The first kappa shape index (κ1) is 19.8. The molecule has 2 atom stereocenters. The maximum atomic E-state index is 12.6. The van der Waals surface area contributed by atoms with Crippen LogP contribution in [0.5, 0.6) is 0 Å². The van der Waals surface area contributed by atoms with Crippen LogP contribution >= 0.6 is 0 Å². The number of carbonyl (C=O) groups is 1. The van der Waals surface area contributed by atoms with Crippen LogP contribution in [0.4, 0.5) is 0 Å². The van der Waals surface area contributed by atoms with E-state index in [1.165, 1.54) is 4.31 Å². The molecule has 0 aliphatic carbocycles. The number of aromatic nitrogens is 2. The number of imidazole rings is 1. The number of sulfonamides is 1. The van der Waals surface area contributed by atoms with Crippen molar-refractivity contribution in [3.63, 3.8) is 0 Å². The fraction of sp³-hybridized carbons (Fsp3) is 0.579. The van der Waals surface area contributed by atoms with E-state index in [0.29, 0.717) is 25.9 Å². The first-order valence-electron chi connectivity index (χ1n) is 9.31. The molecule has 0 bridgehead atoms. The quantitative estimate of drug-likeness (QED) is 0.813. The third kappa shape index (κ3) is 4.01. The average molecular weight is 394 g/mol. The van der Waals surface area contributed by atoms with Gasteiger partial charge in [-0.1, -0.05) is 12.1 Å². The van der Waals surface area contributed by atoms with Gasteiger partial charge in [0.05, 0.1) is 16.3 Å². The Kier molecular flexibility index (Phi) is 5.58. The summed E-state index contributed by atoms with van der Waals surface area (Å²) < 4.78 is 28.8. The number of fused-ring (bicyclic) bond motifs is 1. The summed E-state index contributed by atoms with van der Waals surface area (Å²) >= 11 is 0. The summed E-state index contributed by atoms with van der Waals surface area (Å²) in [6.45, 7) is 4.09. The van der Waals surface area contributed by atoms with Crippen LogP contribution in [0.15, 0.2) is 24.3 Å². The number of piperidine rings is 1. The van der Waals surface area contributed by atoms with Crippen LogP contribution in [-0.4, -0.2) is 51.7 Å². The number of benzene rings is 1. The molecule has 0 radical (unpaired) electrons. The molecule has 1 aliphatic heterocycles. The zero-order valence-corrected chi connectivity index (χ0v) is 16.8. The summed E-state index contributed by atoms with van der Waals surface area (Å²) in [4.78, 5) is 16.0. The van der Waals surface area contributed by atoms with Crippen molar-refractivity contribution in [2.45, 2.75) is 38.4 Å². The van der Waals surface area contributed by atoms with Crippen molar-refractivity contribution >= 4 is 27.0 Å². The molecule has 0 spiro atoms. The van der Waals surface area contributed by atoms with Gasteiger partial charge in [-0.2, -0.15) is 0 Å². The third-order valence-electron chi connectivity index (χ3n) is 5.57. The molecule has 3 rings (SSSR count). The maximum absolute atomic E-state index is 12.6. The molecule has 1 aromatic carbocycles. The van der Waals surface area contributed by atoms with Gasteiger partial charge in [-0.3, -0.25) is 4.79 Å². The Bertz CT molecular complexity index is 936. The highest BCUT2D eigenvalue weighted by Gasteiger charge is 2.37.